The Morgan fingerprint density at radius 3 is 2.57 bits per heavy atom. The molecule has 1 atom stereocenters. The van der Waals surface area contributed by atoms with Gasteiger partial charge >= 0.3 is 0 Å². The summed E-state index contributed by atoms with van der Waals surface area (Å²) < 4.78 is 2.98. The molecule has 2 heterocycles. The highest BCUT2D eigenvalue weighted by Crippen LogP contribution is 2.28. The van der Waals surface area contributed by atoms with Crippen LogP contribution in [-0.4, -0.2) is 19.9 Å². The molecule has 4 nitrogen and oxygen atoms in total. The fourth-order valence-electron chi connectivity index (χ4n) is 2.55. The van der Waals surface area contributed by atoms with Gasteiger partial charge in [-0.25, -0.2) is 0 Å². The van der Waals surface area contributed by atoms with Crippen molar-refractivity contribution in [2.45, 2.75) is 53.2 Å². The van der Waals surface area contributed by atoms with Crippen LogP contribution in [0.4, 0.5) is 0 Å². The summed E-state index contributed by atoms with van der Waals surface area (Å²) in [6, 6.07) is 3.90. The quantitative estimate of drug-likeness (QED) is 0.896. The molecule has 114 valence electrons. The van der Waals surface area contributed by atoms with Crippen LogP contribution in [0.25, 0.3) is 0 Å². The number of nitrogens with zero attached hydrogens (tertiary/aromatic N) is 3. The lowest BCUT2D eigenvalue weighted by Crippen LogP contribution is -2.10. The van der Waals surface area contributed by atoms with Gasteiger partial charge in [0.15, 0.2) is 0 Å². The molecule has 0 spiro atoms. The van der Waals surface area contributed by atoms with Crippen molar-refractivity contribution in [3.8, 4) is 0 Å². The van der Waals surface area contributed by atoms with E-state index in [0.717, 1.165) is 45.8 Å². The number of pyridine rings is 1. The molecule has 0 aromatic carbocycles. The molecule has 0 radical (unpaired) electrons. The average Bonchev–Trinajstić information content (AvgIpc) is 2.75. The zero-order chi connectivity index (χ0) is 15.6. The number of aliphatic hydroxyl groups excluding tert-OH is 1. The average molecular weight is 352 g/mol. The summed E-state index contributed by atoms with van der Waals surface area (Å²) >= 11 is 3.62. The zero-order valence-electron chi connectivity index (χ0n) is 13.0. The number of aromatic nitrogens is 3. The van der Waals surface area contributed by atoms with Gasteiger partial charge < -0.3 is 5.11 Å². The molecule has 2 aromatic rings. The van der Waals surface area contributed by atoms with Gasteiger partial charge in [0, 0.05) is 29.9 Å². The smallest absolute Gasteiger partial charge is 0.0863 e. The van der Waals surface area contributed by atoms with E-state index in [1.54, 1.807) is 0 Å². The monoisotopic (exact) mass is 351 g/mol. The van der Waals surface area contributed by atoms with Crippen molar-refractivity contribution in [1.29, 1.82) is 0 Å². The molecule has 2 rings (SSSR count). The van der Waals surface area contributed by atoms with Gasteiger partial charge in [0.05, 0.1) is 22.0 Å². The molecular formula is C16H22BrN3O. The minimum absolute atomic E-state index is 0.535. The molecule has 0 aliphatic carbocycles. The molecule has 5 heteroatoms. The summed E-state index contributed by atoms with van der Waals surface area (Å²) in [5.41, 5.74) is 4.82. The Bertz CT molecular complexity index is 637. The van der Waals surface area contributed by atoms with Crippen LogP contribution < -0.4 is 0 Å². The van der Waals surface area contributed by atoms with Crippen LogP contribution in [0.5, 0.6) is 0 Å². The number of hydrogen-bond donors (Lipinski definition) is 1. The Labute approximate surface area is 134 Å². The third kappa shape index (κ3) is 3.35. The third-order valence-electron chi connectivity index (χ3n) is 3.71. The van der Waals surface area contributed by atoms with Crippen molar-refractivity contribution < 1.29 is 5.11 Å². The van der Waals surface area contributed by atoms with Crippen molar-refractivity contribution in [1.82, 2.24) is 14.8 Å². The molecule has 21 heavy (non-hydrogen) atoms. The van der Waals surface area contributed by atoms with Gasteiger partial charge in [-0.3, -0.25) is 9.67 Å². The highest BCUT2D eigenvalue weighted by Gasteiger charge is 2.19. The third-order valence-corrected chi connectivity index (χ3v) is 4.62. The summed E-state index contributed by atoms with van der Waals surface area (Å²) in [7, 11) is 0. The predicted octanol–water partition coefficient (Wildman–Crippen LogP) is 3.52. The fraction of sp³-hybridized carbons (Fsp3) is 0.500. The van der Waals surface area contributed by atoms with Crippen LogP contribution in [0.1, 0.15) is 48.3 Å². The Hall–Kier alpha value is -1.20. The second kappa shape index (κ2) is 6.71. The number of rotatable bonds is 5. The van der Waals surface area contributed by atoms with Gasteiger partial charge in [-0.2, -0.15) is 5.10 Å². The topological polar surface area (TPSA) is 50.9 Å². The second-order valence-corrected chi connectivity index (χ2v) is 6.02. The minimum atomic E-state index is -0.568. The lowest BCUT2D eigenvalue weighted by Gasteiger charge is -2.15. The first-order valence-corrected chi connectivity index (χ1v) is 8.13. The van der Waals surface area contributed by atoms with Crippen LogP contribution in [0.15, 0.2) is 16.6 Å². The Kier molecular flexibility index (Phi) is 5.17. The number of aliphatic hydroxyl groups is 1. The normalized spacial score (nSPS) is 12.7. The van der Waals surface area contributed by atoms with E-state index in [4.69, 9.17) is 0 Å². The van der Waals surface area contributed by atoms with Crippen LogP contribution >= 0.6 is 15.9 Å². The van der Waals surface area contributed by atoms with Crippen LogP contribution in [0.3, 0.4) is 0 Å². The molecule has 2 aromatic heterocycles. The van der Waals surface area contributed by atoms with Crippen molar-refractivity contribution in [2.75, 3.05) is 0 Å². The first kappa shape index (κ1) is 16.2. The van der Waals surface area contributed by atoms with Gasteiger partial charge in [0.2, 0.25) is 0 Å². The molecule has 0 amide bonds. The molecule has 0 bridgehead atoms. The van der Waals surface area contributed by atoms with E-state index >= 15 is 0 Å². The summed E-state index contributed by atoms with van der Waals surface area (Å²) in [6.45, 7) is 8.84. The van der Waals surface area contributed by atoms with Crippen LogP contribution in [0, 0.1) is 13.8 Å². The summed E-state index contributed by atoms with van der Waals surface area (Å²) in [5, 5.41) is 15.1. The van der Waals surface area contributed by atoms with Crippen LogP contribution in [0.2, 0.25) is 0 Å². The molecule has 1 unspecified atom stereocenters. The lowest BCUT2D eigenvalue weighted by molar-refractivity contribution is 0.174. The zero-order valence-corrected chi connectivity index (χ0v) is 14.6. The van der Waals surface area contributed by atoms with Gasteiger partial charge in [0.1, 0.15) is 0 Å². The minimum Gasteiger partial charge on any atom is -0.388 e. The Balaban J connectivity index is 2.31. The number of halogens is 1. The lowest BCUT2D eigenvalue weighted by atomic mass is 10.0. The van der Waals surface area contributed by atoms with Crippen molar-refractivity contribution in [3.63, 3.8) is 0 Å². The van der Waals surface area contributed by atoms with Crippen molar-refractivity contribution >= 4 is 15.9 Å². The maximum atomic E-state index is 10.6. The molecule has 1 N–H and O–H groups in total. The van der Waals surface area contributed by atoms with Crippen molar-refractivity contribution in [2.24, 2.45) is 0 Å². The maximum absolute atomic E-state index is 10.6. The first-order chi connectivity index (χ1) is 9.97. The van der Waals surface area contributed by atoms with E-state index in [9.17, 15) is 5.11 Å². The SMILES string of the molecule is CCc1nn(CC)c(CC(O)c2ccc(C)nc2C)c1Br. The van der Waals surface area contributed by atoms with E-state index in [2.05, 4.69) is 39.9 Å². The molecule has 0 aliphatic rings. The van der Waals surface area contributed by atoms with Crippen LogP contribution in [-0.2, 0) is 19.4 Å². The second-order valence-electron chi connectivity index (χ2n) is 5.22. The fourth-order valence-corrected chi connectivity index (χ4v) is 3.28. The van der Waals surface area contributed by atoms with Gasteiger partial charge in [-0.1, -0.05) is 13.0 Å². The van der Waals surface area contributed by atoms with E-state index in [1.165, 1.54) is 0 Å². The molecular weight excluding hydrogens is 330 g/mol. The predicted molar refractivity (Wildman–Crippen MR) is 87.4 cm³/mol. The molecule has 0 fully saturated rings. The first-order valence-electron chi connectivity index (χ1n) is 7.34. The Morgan fingerprint density at radius 1 is 1.29 bits per heavy atom. The van der Waals surface area contributed by atoms with Gasteiger partial charge in [-0.05, 0) is 49.2 Å². The van der Waals surface area contributed by atoms with Gasteiger partial charge in [0.25, 0.3) is 0 Å². The van der Waals surface area contributed by atoms with Gasteiger partial charge in [-0.15, -0.1) is 0 Å². The highest BCUT2D eigenvalue weighted by atomic mass is 79.9. The summed E-state index contributed by atoms with van der Waals surface area (Å²) in [6.07, 6.45) is 0.843. The standard InChI is InChI=1S/C16H22BrN3O/c1-5-13-16(17)14(20(6-2)19-13)9-15(21)12-8-7-10(3)18-11(12)4/h7-8,15,21H,5-6,9H2,1-4H3. The molecule has 0 saturated heterocycles. The van der Waals surface area contributed by atoms with E-state index < -0.39 is 6.10 Å². The largest absolute Gasteiger partial charge is 0.388 e. The van der Waals surface area contributed by atoms with E-state index in [0.29, 0.717) is 6.42 Å². The molecule has 0 saturated carbocycles. The number of aryl methyl sites for hydroxylation is 4. The maximum Gasteiger partial charge on any atom is 0.0863 e. The number of hydrogen-bond acceptors (Lipinski definition) is 3. The van der Waals surface area contributed by atoms with Crippen molar-refractivity contribution in [3.05, 3.63) is 44.9 Å². The highest BCUT2D eigenvalue weighted by molar-refractivity contribution is 9.10. The summed E-state index contributed by atoms with van der Waals surface area (Å²) in [4.78, 5) is 4.43. The Morgan fingerprint density at radius 2 is 2.00 bits per heavy atom. The molecule has 0 aliphatic heterocycles. The van der Waals surface area contributed by atoms with E-state index in [1.807, 2.05) is 30.7 Å². The van der Waals surface area contributed by atoms with E-state index in [-0.39, 0.29) is 0 Å². The summed E-state index contributed by atoms with van der Waals surface area (Å²) in [5.74, 6) is 0.